The SMILES string of the molecule is CCC(C)CCCCCCCCCCCCC(=O)OC[C@H](COP(=O)(O)OC[C@@H](O)COP(=O)(O)OC[C@@H](COC(=O)CCCCCCCCC(C)CC)OC(=O)CCCCCCCCCCCC(C)C)OC(=O)CCCCCCCCCCCCCCCCCCCCC(C)C. The number of carbonyl (C=O) groups excluding carboxylic acids is 4. The van der Waals surface area contributed by atoms with Gasteiger partial charge < -0.3 is 33.8 Å². The summed E-state index contributed by atoms with van der Waals surface area (Å²) in [6.07, 6.45) is 52.8. The lowest BCUT2D eigenvalue weighted by Gasteiger charge is -2.21. The van der Waals surface area contributed by atoms with E-state index in [1.165, 1.54) is 193 Å². The van der Waals surface area contributed by atoms with Crippen molar-refractivity contribution >= 4 is 39.5 Å². The summed E-state index contributed by atoms with van der Waals surface area (Å²) in [7, 11) is -9.92. The summed E-state index contributed by atoms with van der Waals surface area (Å²) in [5, 5.41) is 10.6. The minimum absolute atomic E-state index is 0.104. The van der Waals surface area contributed by atoms with Gasteiger partial charge in [0.2, 0.25) is 0 Å². The average Bonchev–Trinajstić information content (AvgIpc) is 2.87. The molecule has 0 aliphatic carbocycles. The third kappa shape index (κ3) is 69.5. The summed E-state index contributed by atoms with van der Waals surface area (Å²) in [5.74, 6) is 0.977. The van der Waals surface area contributed by atoms with Crippen molar-refractivity contribution in [1.29, 1.82) is 0 Å². The van der Waals surface area contributed by atoms with E-state index >= 15 is 0 Å². The first-order valence-electron chi connectivity index (χ1n) is 40.3. The van der Waals surface area contributed by atoms with Crippen LogP contribution in [-0.4, -0.2) is 96.7 Å². The molecule has 0 rings (SSSR count). The molecule has 0 aromatic heterocycles. The Morgan fingerprint density at radius 2 is 0.495 bits per heavy atom. The van der Waals surface area contributed by atoms with E-state index in [4.69, 9.17) is 37.0 Å². The predicted molar refractivity (Wildman–Crippen MR) is 395 cm³/mol. The van der Waals surface area contributed by atoms with Crippen LogP contribution in [-0.2, 0) is 65.4 Å². The number of unbranched alkanes of at least 4 members (excludes halogenated alkanes) is 39. The largest absolute Gasteiger partial charge is 0.472 e. The van der Waals surface area contributed by atoms with Gasteiger partial charge in [0.25, 0.3) is 0 Å². The molecular formula is C78H152O17P2. The number of ether oxygens (including phenoxy) is 4. The van der Waals surface area contributed by atoms with Gasteiger partial charge in [0, 0.05) is 25.7 Å². The van der Waals surface area contributed by atoms with E-state index < -0.39 is 97.5 Å². The van der Waals surface area contributed by atoms with Crippen LogP contribution >= 0.6 is 15.6 Å². The molecule has 7 atom stereocenters. The topological polar surface area (TPSA) is 237 Å². The molecular weight excluding hydrogens is 1270 g/mol. The Morgan fingerprint density at radius 1 is 0.289 bits per heavy atom. The fraction of sp³-hybridized carbons (Fsp3) is 0.949. The van der Waals surface area contributed by atoms with Crippen molar-refractivity contribution in [3.05, 3.63) is 0 Å². The van der Waals surface area contributed by atoms with Crippen LogP contribution in [0.25, 0.3) is 0 Å². The zero-order valence-corrected chi connectivity index (χ0v) is 65.5. The van der Waals surface area contributed by atoms with Crippen molar-refractivity contribution in [3.63, 3.8) is 0 Å². The molecule has 4 unspecified atom stereocenters. The van der Waals surface area contributed by atoms with Gasteiger partial charge in [0.15, 0.2) is 12.2 Å². The van der Waals surface area contributed by atoms with Crippen LogP contribution < -0.4 is 0 Å². The lowest BCUT2D eigenvalue weighted by Crippen LogP contribution is -2.30. The number of hydrogen-bond acceptors (Lipinski definition) is 15. The molecule has 0 heterocycles. The molecule has 0 spiro atoms. The zero-order valence-electron chi connectivity index (χ0n) is 63.7. The van der Waals surface area contributed by atoms with Crippen LogP contribution in [0.15, 0.2) is 0 Å². The van der Waals surface area contributed by atoms with E-state index in [-0.39, 0.29) is 25.7 Å². The maximum atomic E-state index is 13.1. The van der Waals surface area contributed by atoms with E-state index in [1.807, 2.05) is 0 Å². The highest BCUT2D eigenvalue weighted by atomic mass is 31.2. The van der Waals surface area contributed by atoms with Crippen LogP contribution in [0.4, 0.5) is 0 Å². The van der Waals surface area contributed by atoms with Crippen molar-refractivity contribution in [2.24, 2.45) is 23.7 Å². The number of rotatable bonds is 75. The highest BCUT2D eigenvalue weighted by molar-refractivity contribution is 7.47. The van der Waals surface area contributed by atoms with Crippen molar-refractivity contribution in [2.45, 2.75) is 414 Å². The molecule has 0 bridgehead atoms. The van der Waals surface area contributed by atoms with Gasteiger partial charge in [-0.15, -0.1) is 0 Å². The van der Waals surface area contributed by atoms with Crippen molar-refractivity contribution in [1.82, 2.24) is 0 Å². The maximum Gasteiger partial charge on any atom is 0.472 e. The molecule has 0 radical (unpaired) electrons. The number of aliphatic hydroxyl groups is 1. The second-order valence-electron chi connectivity index (χ2n) is 29.5. The summed E-state index contributed by atoms with van der Waals surface area (Å²) in [6.45, 7) is 14.2. The third-order valence-corrected chi connectivity index (χ3v) is 20.7. The Balaban J connectivity index is 5.22. The van der Waals surface area contributed by atoms with Crippen LogP contribution in [0.1, 0.15) is 396 Å². The fourth-order valence-electron chi connectivity index (χ4n) is 11.8. The van der Waals surface area contributed by atoms with E-state index in [9.17, 15) is 43.2 Å². The summed E-state index contributed by atoms with van der Waals surface area (Å²) in [5.41, 5.74) is 0. The van der Waals surface area contributed by atoms with Crippen molar-refractivity contribution in [2.75, 3.05) is 39.6 Å². The third-order valence-electron chi connectivity index (χ3n) is 18.8. The molecule has 576 valence electrons. The summed E-state index contributed by atoms with van der Waals surface area (Å²) in [6, 6.07) is 0. The first-order chi connectivity index (χ1) is 46.7. The molecule has 0 amide bonds. The van der Waals surface area contributed by atoms with Gasteiger partial charge in [0.05, 0.1) is 26.4 Å². The Bertz CT molecular complexity index is 1910. The second kappa shape index (κ2) is 67.2. The summed E-state index contributed by atoms with van der Waals surface area (Å²) < 4.78 is 68.6. The molecule has 0 aliphatic rings. The van der Waals surface area contributed by atoms with Gasteiger partial charge in [-0.25, -0.2) is 9.13 Å². The molecule has 0 fully saturated rings. The van der Waals surface area contributed by atoms with Crippen LogP contribution in [0.5, 0.6) is 0 Å². The molecule has 0 aliphatic heterocycles. The number of carbonyl (C=O) groups is 4. The zero-order chi connectivity index (χ0) is 71.7. The number of phosphoric ester groups is 2. The fourth-order valence-corrected chi connectivity index (χ4v) is 13.4. The average molecular weight is 1420 g/mol. The molecule has 97 heavy (non-hydrogen) atoms. The predicted octanol–water partition coefficient (Wildman–Crippen LogP) is 22.8. The van der Waals surface area contributed by atoms with Gasteiger partial charge in [-0.1, -0.05) is 344 Å². The monoisotopic (exact) mass is 1420 g/mol. The van der Waals surface area contributed by atoms with Gasteiger partial charge in [-0.3, -0.25) is 37.3 Å². The van der Waals surface area contributed by atoms with E-state index in [2.05, 4.69) is 55.4 Å². The van der Waals surface area contributed by atoms with E-state index in [0.29, 0.717) is 25.7 Å². The van der Waals surface area contributed by atoms with E-state index in [1.54, 1.807) is 0 Å². The molecule has 0 aromatic carbocycles. The molecule has 0 aromatic rings. The minimum Gasteiger partial charge on any atom is -0.462 e. The van der Waals surface area contributed by atoms with Gasteiger partial charge in [-0.2, -0.15) is 0 Å². The lowest BCUT2D eigenvalue weighted by atomic mass is 9.99. The van der Waals surface area contributed by atoms with Crippen LogP contribution in [0.3, 0.4) is 0 Å². The molecule has 0 saturated heterocycles. The first-order valence-corrected chi connectivity index (χ1v) is 43.3. The quantitative estimate of drug-likeness (QED) is 0.0222. The number of esters is 4. The lowest BCUT2D eigenvalue weighted by molar-refractivity contribution is -0.161. The summed E-state index contributed by atoms with van der Waals surface area (Å²) >= 11 is 0. The number of hydrogen-bond donors (Lipinski definition) is 3. The Labute approximate surface area is 594 Å². The normalized spacial score (nSPS) is 14.6. The van der Waals surface area contributed by atoms with Gasteiger partial charge in [-0.05, 0) is 49.4 Å². The highest BCUT2D eigenvalue weighted by Crippen LogP contribution is 2.45. The Kier molecular flexibility index (Phi) is 65.9. The van der Waals surface area contributed by atoms with E-state index in [0.717, 1.165) is 120 Å². The van der Waals surface area contributed by atoms with Gasteiger partial charge in [0.1, 0.15) is 19.3 Å². The molecule has 19 heteroatoms. The second-order valence-corrected chi connectivity index (χ2v) is 32.4. The summed E-state index contributed by atoms with van der Waals surface area (Å²) in [4.78, 5) is 72.9. The minimum atomic E-state index is -4.96. The van der Waals surface area contributed by atoms with Gasteiger partial charge >= 0.3 is 39.5 Å². The maximum absolute atomic E-state index is 13.1. The Hall–Kier alpha value is -1.94. The standard InChI is InChI=1S/C78H152O17P2/c1-9-70(7)56-48-40-32-26-21-22-27-33-42-50-58-75(80)88-64-73(94-77(82)60-52-44-34-28-20-18-16-14-12-11-13-15-17-19-24-30-38-46-54-68(3)4)66-92-96(84,85)90-62-72(79)63-91-97(86,87)93-67-74(65-89-76(81)59-51-43-37-36-41-49-57-71(8)10-2)95-78(83)61-53-45-35-29-23-25-31-39-47-55-69(5)6/h68-74,79H,9-67H2,1-8H3,(H,84,85)(H,86,87)/t70?,71?,72-,73-,74-/m1/s1. The van der Waals surface area contributed by atoms with Crippen LogP contribution in [0.2, 0.25) is 0 Å². The smallest absolute Gasteiger partial charge is 0.462 e. The number of aliphatic hydroxyl groups excluding tert-OH is 1. The molecule has 3 N–H and O–H groups in total. The highest BCUT2D eigenvalue weighted by Gasteiger charge is 2.30. The first kappa shape index (κ1) is 95.1. The Morgan fingerprint density at radius 3 is 0.732 bits per heavy atom. The van der Waals surface area contributed by atoms with Crippen molar-refractivity contribution < 1.29 is 80.2 Å². The number of phosphoric acid groups is 2. The molecule has 17 nitrogen and oxygen atoms in total. The van der Waals surface area contributed by atoms with Crippen LogP contribution in [0, 0.1) is 23.7 Å². The molecule has 0 saturated carbocycles. The van der Waals surface area contributed by atoms with Crippen molar-refractivity contribution in [3.8, 4) is 0 Å².